The number of aromatic nitrogens is 1. The summed E-state index contributed by atoms with van der Waals surface area (Å²) in [5.41, 5.74) is 1.84. The average Bonchev–Trinajstić information content (AvgIpc) is 3.09. The summed E-state index contributed by atoms with van der Waals surface area (Å²) in [4.78, 5) is 31.7. The Bertz CT molecular complexity index is 1430. The van der Waals surface area contributed by atoms with Gasteiger partial charge in [0.15, 0.2) is 4.80 Å². The molecule has 0 saturated heterocycles. The maximum atomic E-state index is 13.6. The third kappa shape index (κ3) is 4.59. The monoisotopic (exact) mass is 480 g/mol. The smallest absolute Gasteiger partial charge is 0.338 e. The highest BCUT2D eigenvalue weighted by Crippen LogP contribution is 2.36. The summed E-state index contributed by atoms with van der Waals surface area (Å²) < 4.78 is 26.6. The molecule has 0 aliphatic carbocycles. The van der Waals surface area contributed by atoms with E-state index in [2.05, 4.69) is 4.99 Å². The zero-order chi connectivity index (χ0) is 24.4. The highest BCUT2D eigenvalue weighted by molar-refractivity contribution is 7.07. The zero-order valence-corrected chi connectivity index (χ0v) is 20.2. The molecule has 3 aromatic rings. The first kappa shape index (κ1) is 23.6. The fourth-order valence-electron chi connectivity index (χ4n) is 3.86. The number of hydrogen-bond acceptors (Lipinski definition) is 6. The van der Waals surface area contributed by atoms with E-state index in [0.717, 1.165) is 0 Å². The Morgan fingerprint density at radius 1 is 1.21 bits per heavy atom. The molecule has 0 amide bonds. The van der Waals surface area contributed by atoms with Gasteiger partial charge in [0.25, 0.3) is 5.56 Å². The van der Waals surface area contributed by atoms with Crippen molar-refractivity contribution in [1.29, 1.82) is 0 Å². The number of para-hydroxylation sites is 1. The third-order valence-electron chi connectivity index (χ3n) is 5.26. The summed E-state index contributed by atoms with van der Waals surface area (Å²) in [5.74, 6) is -0.303. The Morgan fingerprint density at radius 3 is 2.59 bits per heavy atom. The number of nitrogens with zero attached hydrogens (tertiary/aromatic N) is 2. The first-order chi connectivity index (χ1) is 16.3. The van der Waals surface area contributed by atoms with Gasteiger partial charge in [-0.2, -0.15) is 0 Å². The Kier molecular flexibility index (Phi) is 6.79. The number of thiazole rings is 1. The number of hydrogen-bond donors (Lipinski definition) is 0. The van der Waals surface area contributed by atoms with Crippen LogP contribution >= 0.6 is 11.3 Å². The third-order valence-corrected chi connectivity index (χ3v) is 6.24. The van der Waals surface area contributed by atoms with Gasteiger partial charge in [-0.3, -0.25) is 9.36 Å². The number of esters is 1. The number of benzene rings is 2. The maximum Gasteiger partial charge on any atom is 0.338 e. The van der Waals surface area contributed by atoms with Crippen LogP contribution in [-0.4, -0.2) is 23.2 Å². The summed E-state index contributed by atoms with van der Waals surface area (Å²) in [6, 6.07) is 12.5. The van der Waals surface area contributed by atoms with Gasteiger partial charge in [-0.1, -0.05) is 41.7 Å². The second-order valence-corrected chi connectivity index (χ2v) is 9.07. The molecule has 176 valence electrons. The van der Waals surface area contributed by atoms with Gasteiger partial charge < -0.3 is 9.47 Å². The van der Waals surface area contributed by atoms with Gasteiger partial charge in [0, 0.05) is 5.56 Å². The van der Waals surface area contributed by atoms with E-state index in [9.17, 15) is 14.0 Å². The minimum absolute atomic E-state index is 0.105. The lowest BCUT2D eigenvalue weighted by atomic mass is 9.95. The van der Waals surface area contributed by atoms with Gasteiger partial charge in [-0.25, -0.2) is 14.2 Å². The molecule has 1 aliphatic rings. The SMILES string of the molecule is CCOC(=O)C1=C(C)N=c2sc(=Cc3ccc(F)cc3)c(=O)n2C1c1ccccc1OC(C)C. The quantitative estimate of drug-likeness (QED) is 0.504. The molecule has 0 N–H and O–H groups in total. The van der Waals surface area contributed by atoms with Crippen LogP contribution < -0.4 is 19.6 Å². The van der Waals surface area contributed by atoms with Crippen LogP contribution in [0.5, 0.6) is 5.75 Å². The topological polar surface area (TPSA) is 69.9 Å². The fourth-order valence-corrected chi connectivity index (χ4v) is 4.91. The molecule has 8 heteroatoms. The number of ether oxygens (including phenoxy) is 2. The van der Waals surface area contributed by atoms with Crippen molar-refractivity contribution in [1.82, 2.24) is 4.57 Å². The molecule has 1 aromatic heterocycles. The lowest BCUT2D eigenvalue weighted by Crippen LogP contribution is -2.40. The number of fused-ring (bicyclic) bond motifs is 1. The molecule has 34 heavy (non-hydrogen) atoms. The molecular formula is C26H25FN2O4S. The summed E-state index contributed by atoms with van der Waals surface area (Å²) in [5, 5.41) is 0. The summed E-state index contributed by atoms with van der Waals surface area (Å²) in [6.07, 6.45) is 1.59. The number of carbonyl (C=O) groups excluding carboxylic acids is 1. The van der Waals surface area contributed by atoms with Crippen LogP contribution in [0.4, 0.5) is 4.39 Å². The van der Waals surface area contributed by atoms with Crippen molar-refractivity contribution in [3.8, 4) is 5.75 Å². The molecule has 0 fully saturated rings. The first-order valence-corrected chi connectivity index (χ1v) is 11.8. The fraction of sp³-hybridized carbons (Fsp3) is 0.269. The Morgan fingerprint density at radius 2 is 1.91 bits per heavy atom. The number of carbonyl (C=O) groups is 1. The summed E-state index contributed by atoms with van der Waals surface area (Å²) in [7, 11) is 0. The van der Waals surface area contributed by atoms with E-state index in [1.807, 2.05) is 38.1 Å². The van der Waals surface area contributed by atoms with E-state index >= 15 is 0 Å². The van der Waals surface area contributed by atoms with E-state index in [1.165, 1.54) is 28.0 Å². The number of halogens is 1. The number of rotatable bonds is 6. The van der Waals surface area contributed by atoms with Crippen LogP contribution in [0, 0.1) is 5.82 Å². The van der Waals surface area contributed by atoms with Crippen molar-refractivity contribution in [3.63, 3.8) is 0 Å². The largest absolute Gasteiger partial charge is 0.491 e. The van der Waals surface area contributed by atoms with Crippen LogP contribution in [0.2, 0.25) is 0 Å². The Hall–Kier alpha value is -3.52. The Labute approximate surface area is 200 Å². The van der Waals surface area contributed by atoms with Crippen molar-refractivity contribution >= 4 is 23.4 Å². The van der Waals surface area contributed by atoms with Crippen LogP contribution in [0.1, 0.15) is 44.9 Å². The Balaban J connectivity index is 1.97. The molecular weight excluding hydrogens is 455 g/mol. The molecule has 0 radical (unpaired) electrons. The van der Waals surface area contributed by atoms with Crippen molar-refractivity contribution < 1.29 is 18.7 Å². The highest BCUT2D eigenvalue weighted by Gasteiger charge is 2.35. The maximum absolute atomic E-state index is 13.6. The molecule has 2 aromatic carbocycles. The van der Waals surface area contributed by atoms with Gasteiger partial charge in [0.1, 0.15) is 17.6 Å². The van der Waals surface area contributed by atoms with Crippen molar-refractivity contribution in [2.75, 3.05) is 6.61 Å². The second-order valence-electron chi connectivity index (χ2n) is 8.06. The van der Waals surface area contributed by atoms with Gasteiger partial charge >= 0.3 is 5.97 Å². The van der Waals surface area contributed by atoms with E-state index in [0.29, 0.717) is 37.5 Å². The summed E-state index contributed by atoms with van der Waals surface area (Å²) in [6.45, 7) is 7.50. The molecule has 0 spiro atoms. The van der Waals surface area contributed by atoms with Gasteiger partial charge in [0.05, 0.1) is 28.5 Å². The standard InChI is InChI=1S/C26H25FN2O4S/c1-5-32-25(31)22-16(4)28-26-29(23(22)19-8-6-7-9-20(19)33-15(2)3)24(30)21(34-26)14-17-10-12-18(27)13-11-17/h6-15,23H,5H2,1-4H3. The number of allylic oxidation sites excluding steroid dienone is 1. The van der Waals surface area contributed by atoms with Crippen LogP contribution in [0.3, 0.4) is 0 Å². The first-order valence-electron chi connectivity index (χ1n) is 11.0. The molecule has 6 nitrogen and oxygen atoms in total. The molecule has 0 saturated carbocycles. The normalized spacial score (nSPS) is 15.8. The van der Waals surface area contributed by atoms with Crippen LogP contribution in [0.25, 0.3) is 6.08 Å². The van der Waals surface area contributed by atoms with Crippen molar-refractivity contribution in [3.05, 3.63) is 96.4 Å². The lowest BCUT2D eigenvalue weighted by molar-refractivity contribution is -0.139. The second kappa shape index (κ2) is 9.77. The molecule has 1 aliphatic heterocycles. The molecule has 1 unspecified atom stereocenters. The van der Waals surface area contributed by atoms with Crippen LogP contribution in [0.15, 0.2) is 69.6 Å². The lowest BCUT2D eigenvalue weighted by Gasteiger charge is -2.26. The van der Waals surface area contributed by atoms with Gasteiger partial charge in [0.2, 0.25) is 0 Å². The highest BCUT2D eigenvalue weighted by atomic mass is 32.1. The van der Waals surface area contributed by atoms with E-state index < -0.39 is 12.0 Å². The van der Waals surface area contributed by atoms with Crippen molar-refractivity contribution in [2.45, 2.75) is 39.8 Å². The molecule has 0 bridgehead atoms. The molecule has 2 heterocycles. The van der Waals surface area contributed by atoms with E-state index in [4.69, 9.17) is 9.47 Å². The van der Waals surface area contributed by atoms with Crippen molar-refractivity contribution in [2.24, 2.45) is 4.99 Å². The van der Waals surface area contributed by atoms with Crippen LogP contribution in [-0.2, 0) is 9.53 Å². The minimum Gasteiger partial charge on any atom is -0.491 e. The summed E-state index contributed by atoms with van der Waals surface area (Å²) >= 11 is 1.22. The zero-order valence-electron chi connectivity index (χ0n) is 19.4. The minimum atomic E-state index is -0.763. The molecule has 1 atom stereocenters. The van der Waals surface area contributed by atoms with E-state index in [1.54, 1.807) is 32.1 Å². The average molecular weight is 481 g/mol. The van der Waals surface area contributed by atoms with Gasteiger partial charge in [-0.15, -0.1) is 0 Å². The predicted molar refractivity (Wildman–Crippen MR) is 129 cm³/mol. The molecule has 4 rings (SSSR count). The predicted octanol–water partition coefficient (Wildman–Crippen LogP) is 3.72. The van der Waals surface area contributed by atoms with Gasteiger partial charge in [-0.05, 0) is 57.5 Å². The van der Waals surface area contributed by atoms with E-state index in [-0.39, 0.29) is 24.1 Å².